The standard InChI is InChI=1S/C47H64N6O7/c1-58-41-10-4-7-35(25-41)31-51-19-13-38(14-20-51)48-44(55)28-47(34-54,29-45(56)49-39-15-21-52(22-16-39)32-36-8-5-11-42(26-36)59-2)30-46(57)50-40-17-23-53(24-18-40)33-37-9-6-12-43(27-37)60-3/h4-12,25-27,34,38-40H,13-24,28-33H2,1-3H3,(H,48,55)(H,49,56)(H,50,57). The van der Waals surface area contributed by atoms with Crippen molar-refractivity contribution in [2.75, 3.05) is 60.6 Å². The summed E-state index contributed by atoms with van der Waals surface area (Å²) in [6.45, 7) is 7.22. The maximum Gasteiger partial charge on any atom is 0.221 e. The summed E-state index contributed by atoms with van der Waals surface area (Å²) < 4.78 is 16.1. The lowest BCUT2D eigenvalue weighted by atomic mass is 9.78. The topological polar surface area (TPSA) is 142 Å². The Bertz CT molecular complexity index is 1660. The summed E-state index contributed by atoms with van der Waals surface area (Å²) in [5, 5.41) is 9.45. The molecular formula is C47H64N6O7. The van der Waals surface area contributed by atoms with Crippen LogP contribution < -0.4 is 30.2 Å². The molecule has 3 aromatic rings. The Labute approximate surface area is 355 Å². The minimum absolute atomic E-state index is 0.0598. The number of carbonyl (C=O) groups excluding carboxylic acids is 4. The molecule has 60 heavy (non-hydrogen) atoms. The second-order valence-electron chi connectivity index (χ2n) is 16.9. The van der Waals surface area contributed by atoms with Crippen LogP contribution in [0.3, 0.4) is 0 Å². The third kappa shape index (κ3) is 13.5. The van der Waals surface area contributed by atoms with Crippen LogP contribution in [0.5, 0.6) is 17.2 Å². The molecule has 13 heteroatoms. The number of amides is 3. The molecule has 13 nitrogen and oxygen atoms in total. The number of ether oxygens (including phenoxy) is 3. The molecule has 3 fully saturated rings. The fourth-order valence-electron chi connectivity index (χ4n) is 8.90. The maximum absolute atomic E-state index is 13.7. The highest BCUT2D eigenvalue weighted by molar-refractivity contribution is 5.90. The second-order valence-corrected chi connectivity index (χ2v) is 16.9. The molecule has 0 unspecified atom stereocenters. The number of piperidine rings is 3. The average Bonchev–Trinajstić information content (AvgIpc) is 3.25. The van der Waals surface area contributed by atoms with Crippen LogP contribution in [0.2, 0.25) is 0 Å². The smallest absolute Gasteiger partial charge is 0.221 e. The number of likely N-dealkylation sites (tertiary alicyclic amines) is 3. The van der Waals surface area contributed by atoms with E-state index in [0.717, 1.165) is 115 Å². The number of rotatable bonds is 19. The SMILES string of the molecule is COc1cccc(CN2CCC(NC(=O)CC(C=O)(CC(=O)NC3CCN(Cc4cccc(OC)c4)CC3)CC(=O)NC3CCN(Cc4cccc(OC)c4)CC3)CC2)c1. The molecule has 3 aliphatic heterocycles. The quantitative estimate of drug-likeness (QED) is 0.146. The molecule has 3 N–H and O–H groups in total. The lowest BCUT2D eigenvalue weighted by Crippen LogP contribution is -2.49. The number of nitrogens with zero attached hydrogens (tertiary/aromatic N) is 3. The van der Waals surface area contributed by atoms with E-state index >= 15 is 0 Å². The molecule has 6 rings (SSSR count). The Morgan fingerprint density at radius 3 is 1.07 bits per heavy atom. The van der Waals surface area contributed by atoms with Gasteiger partial charge in [-0.2, -0.15) is 0 Å². The predicted molar refractivity (Wildman–Crippen MR) is 231 cm³/mol. The predicted octanol–water partition coefficient (Wildman–Crippen LogP) is 4.71. The number of hydrogen-bond donors (Lipinski definition) is 3. The molecule has 3 aliphatic rings. The van der Waals surface area contributed by atoms with Crippen LogP contribution in [0.15, 0.2) is 72.8 Å². The zero-order valence-electron chi connectivity index (χ0n) is 35.7. The van der Waals surface area contributed by atoms with Crippen molar-refractivity contribution in [1.29, 1.82) is 0 Å². The Balaban J connectivity index is 1.03. The highest BCUT2D eigenvalue weighted by Crippen LogP contribution is 2.31. The molecular weight excluding hydrogens is 761 g/mol. The Kier molecular flexibility index (Phi) is 16.4. The van der Waals surface area contributed by atoms with Crippen molar-refractivity contribution in [2.24, 2.45) is 5.41 Å². The molecule has 0 bridgehead atoms. The maximum atomic E-state index is 13.7. The monoisotopic (exact) mass is 824 g/mol. The van der Waals surface area contributed by atoms with E-state index in [1.165, 1.54) is 16.7 Å². The van der Waals surface area contributed by atoms with Crippen molar-refractivity contribution in [3.8, 4) is 17.2 Å². The highest BCUT2D eigenvalue weighted by Gasteiger charge is 2.39. The lowest BCUT2D eigenvalue weighted by molar-refractivity contribution is -0.137. The van der Waals surface area contributed by atoms with Gasteiger partial charge in [-0.1, -0.05) is 36.4 Å². The van der Waals surface area contributed by atoms with Gasteiger partial charge in [-0.05, 0) is 91.6 Å². The highest BCUT2D eigenvalue weighted by atomic mass is 16.5. The summed E-state index contributed by atoms with van der Waals surface area (Å²) >= 11 is 0. The normalized spacial score (nSPS) is 17.7. The van der Waals surface area contributed by atoms with Gasteiger partial charge >= 0.3 is 0 Å². The summed E-state index contributed by atoms with van der Waals surface area (Å²) in [5.74, 6) is 1.54. The minimum atomic E-state index is -1.48. The van der Waals surface area contributed by atoms with Gasteiger partial charge in [0.2, 0.25) is 17.7 Å². The van der Waals surface area contributed by atoms with E-state index in [1.54, 1.807) is 21.3 Å². The van der Waals surface area contributed by atoms with Crippen molar-refractivity contribution in [3.05, 3.63) is 89.5 Å². The van der Waals surface area contributed by atoms with Crippen LogP contribution in [-0.4, -0.2) is 117 Å². The third-order valence-corrected chi connectivity index (χ3v) is 12.3. The van der Waals surface area contributed by atoms with Gasteiger partial charge in [-0.3, -0.25) is 29.1 Å². The zero-order valence-corrected chi connectivity index (χ0v) is 35.7. The molecule has 3 aromatic carbocycles. The molecule has 0 radical (unpaired) electrons. The van der Waals surface area contributed by atoms with Crippen molar-refractivity contribution >= 4 is 24.0 Å². The fraction of sp³-hybridized carbons (Fsp3) is 0.532. The summed E-state index contributed by atoms with van der Waals surface area (Å²) in [4.78, 5) is 61.4. The average molecular weight is 825 g/mol. The van der Waals surface area contributed by atoms with Crippen LogP contribution in [0.4, 0.5) is 0 Å². The number of methoxy groups -OCH3 is 3. The summed E-state index contributed by atoms with van der Waals surface area (Å²) in [7, 11) is 4.99. The Morgan fingerprint density at radius 2 is 0.817 bits per heavy atom. The first-order valence-electron chi connectivity index (χ1n) is 21.5. The number of benzene rings is 3. The van der Waals surface area contributed by atoms with Gasteiger partial charge in [0, 0.05) is 96.3 Å². The Hall–Kier alpha value is -4.98. The minimum Gasteiger partial charge on any atom is -0.497 e. The number of nitrogens with one attached hydrogen (secondary N) is 3. The molecule has 3 heterocycles. The van der Waals surface area contributed by atoms with Gasteiger partial charge in [0.1, 0.15) is 23.5 Å². The van der Waals surface area contributed by atoms with E-state index in [4.69, 9.17) is 14.2 Å². The van der Waals surface area contributed by atoms with E-state index in [9.17, 15) is 19.2 Å². The molecule has 0 saturated carbocycles. The van der Waals surface area contributed by atoms with Crippen molar-refractivity contribution in [1.82, 2.24) is 30.7 Å². The zero-order chi connectivity index (χ0) is 42.3. The molecule has 3 saturated heterocycles. The number of carbonyl (C=O) groups is 4. The van der Waals surface area contributed by atoms with E-state index in [0.29, 0.717) is 6.29 Å². The summed E-state index contributed by atoms with van der Waals surface area (Å²) in [6, 6.07) is 24.0. The van der Waals surface area contributed by atoms with Gasteiger partial charge in [-0.15, -0.1) is 0 Å². The molecule has 324 valence electrons. The van der Waals surface area contributed by atoms with Crippen molar-refractivity contribution in [3.63, 3.8) is 0 Å². The van der Waals surface area contributed by atoms with Crippen LogP contribution in [-0.2, 0) is 38.8 Å². The fourth-order valence-corrected chi connectivity index (χ4v) is 8.90. The van der Waals surface area contributed by atoms with Gasteiger partial charge < -0.3 is 35.0 Å². The lowest BCUT2D eigenvalue weighted by Gasteiger charge is -2.35. The summed E-state index contributed by atoms with van der Waals surface area (Å²) in [5.41, 5.74) is 2.02. The van der Waals surface area contributed by atoms with Gasteiger partial charge in [0.05, 0.1) is 26.7 Å². The molecule has 0 aromatic heterocycles. The molecule has 0 atom stereocenters. The van der Waals surface area contributed by atoms with Crippen LogP contribution in [0, 0.1) is 5.41 Å². The molecule has 3 amide bonds. The van der Waals surface area contributed by atoms with Gasteiger partial charge in [-0.25, -0.2) is 0 Å². The van der Waals surface area contributed by atoms with Crippen molar-refractivity contribution < 1.29 is 33.4 Å². The van der Waals surface area contributed by atoms with Crippen molar-refractivity contribution in [2.45, 2.75) is 95.5 Å². The van der Waals surface area contributed by atoms with Crippen LogP contribution in [0.25, 0.3) is 0 Å². The summed E-state index contributed by atoms with van der Waals surface area (Å²) in [6.07, 6.45) is 4.54. The first kappa shape index (κ1) is 44.6. The van der Waals surface area contributed by atoms with Crippen LogP contribution in [0.1, 0.15) is 74.5 Å². The first-order valence-corrected chi connectivity index (χ1v) is 21.5. The molecule has 0 spiro atoms. The number of hydrogen-bond acceptors (Lipinski definition) is 10. The Morgan fingerprint density at radius 1 is 0.533 bits per heavy atom. The first-order chi connectivity index (χ1) is 29.1. The second kappa shape index (κ2) is 22.0. The van der Waals surface area contributed by atoms with Gasteiger partial charge in [0.25, 0.3) is 0 Å². The molecule has 0 aliphatic carbocycles. The van der Waals surface area contributed by atoms with E-state index in [1.807, 2.05) is 54.6 Å². The third-order valence-electron chi connectivity index (χ3n) is 12.3. The van der Waals surface area contributed by atoms with E-state index in [-0.39, 0.29) is 55.1 Å². The van der Waals surface area contributed by atoms with E-state index in [2.05, 4.69) is 48.8 Å². The number of aldehydes is 1. The van der Waals surface area contributed by atoms with Crippen LogP contribution >= 0.6 is 0 Å². The van der Waals surface area contributed by atoms with Gasteiger partial charge in [0.15, 0.2) is 0 Å². The van der Waals surface area contributed by atoms with E-state index < -0.39 is 5.41 Å². The largest absolute Gasteiger partial charge is 0.497 e.